The van der Waals surface area contributed by atoms with Crippen LogP contribution in [0.2, 0.25) is 0 Å². The number of rotatable bonds is 10. The molecule has 0 aliphatic rings. The first kappa shape index (κ1) is 20.1. The molecule has 6 heteroatoms. The fourth-order valence-corrected chi connectivity index (χ4v) is 3.02. The maximum absolute atomic E-state index is 12.7. The fraction of sp³-hybridized carbons (Fsp3) is 0.550. The van der Waals surface area contributed by atoms with E-state index in [2.05, 4.69) is 36.1 Å². The number of amides is 1. The molecular formula is C20H30N4O2. The first-order chi connectivity index (χ1) is 12.6. The van der Waals surface area contributed by atoms with Crippen LogP contribution in [-0.2, 0) is 6.54 Å². The summed E-state index contributed by atoms with van der Waals surface area (Å²) in [7, 11) is 0. The van der Waals surface area contributed by atoms with E-state index in [1.54, 1.807) is 12.1 Å². The van der Waals surface area contributed by atoms with Crippen LogP contribution in [0.4, 0.5) is 0 Å². The van der Waals surface area contributed by atoms with Gasteiger partial charge in [0.05, 0.1) is 5.39 Å². The highest BCUT2D eigenvalue weighted by Crippen LogP contribution is 2.13. The molecule has 0 radical (unpaired) electrons. The van der Waals surface area contributed by atoms with Crippen LogP contribution in [-0.4, -0.2) is 46.8 Å². The Morgan fingerprint density at radius 2 is 1.81 bits per heavy atom. The normalized spacial score (nSPS) is 11.2. The Morgan fingerprint density at radius 1 is 1.12 bits per heavy atom. The van der Waals surface area contributed by atoms with Crippen molar-refractivity contribution in [2.24, 2.45) is 0 Å². The lowest BCUT2D eigenvalue weighted by Crippen LogP contribution is -2.36. The standard InChI is InChI=1S/C20H30N4O2/c1-4-7-10-14-24-20(26)17-12-9-8-11-16(17)18(22-24)19(25)21-13-15-23(5-2)6-3/h8-9,11-12H,4-7,10,13-15H2,1-3H3,(H,21,25). The summed E-state index contributed by atoms with van der Waals surface area (Å²) < 4.78 is 1.44. The fourth-order valence-electron chi connectivity index (χ4n) is 3.02. The van der Waals surface area contributed by atoms with Crippen molar-refractivity contribution in [2.75, 3.05) is 26.2 Å². The molecule has 2 rings (SSSR count). The zero-order valence-corrected chi connectivity index (χ0v) is 16.1. The van der Waals surface area contributed by atoms with Gasteiger partial charge < -0.3 is 10.2 Å². The summed E-state index contributed by atoms with van der Waals surface area (Å²) in [5.41, 5.74) is 0.202. The maximum atomic E-state index is 12.7. The van der Waals surface area contributed by atoms with Crippen molar-refractivity contribution in [1.29, 1.82) is 0 Å². The van der Waals surface area contributed by atoms with E-state index in [4.69, 9.17) is 0 Å². The number of likely N-dealkylation sites (N-methyl/N-ethyl adjacent to an activating group) is 1. The van der Waals surface area contributed by atoms with Crippen LogP contribution >= 0.6 is 0 Å². The number of fused-ring (bicyclic) bond motifs is 1. The second-order valence-corrected chi connectivity index (χ2v) is 6.41. The predicted octanol–water partition coefficient (Wildman–Crippen LogP) is 2.66. The molecule has 0 spiro atoms. The smallest absolute Gasteiger partial charge is 0.274 e. The molecule has 0 atom stereocenters. The number of hydrogen-bond donors (Lipinski definition) is 1. The molecule has 2 aromatic rings. The zero-order valence-electron chi connectivity index (χ0n) is 16.1. The van der Waals surface area contributed by atoms with Gasteiger partial charge in [0.15, 0.2) is 5.69 Å². The Balaban J connectivity index is 2.25. The van der Waals surface area contributed by atoms with Crippen molar-refractivity contribution in [1.82, 2.24) is 20.0 Å². The van der Waals surface area contributed by atoms with Gasteiger partial charge in [-0.05, 0) is 25.6 Å². The summed E-state index contributed by atoms with van der Waals surface area (Å²) in [5, 5.41) is 8.50. The summed E-state index contributed by atoms with van der Waals surface area (Å²) in [4.78, 5) is 27.6. The number of nitrogens with zero attached hydrogens (tertiary/aromatic N) is 3. The minimum Gasteiger partial charge on any atom is -0.349 e. The van der Waals surface area contributed by atoms with Crippen LogP contribution < -0.4 is 10.9 Å². The predicted molar refractivity (Wildman–Crippen MR) is 106 cm³/mol. The Kier molecular flexibility index (Phi) is 7.78. The molecule has 1 N–H and O–H groups in total. The number of nitrogens with one attached hydrogen (secondary N) is 1. The van der Waals surface area contributed by atoms with Crippen molar-refractivity contribution in [3.8, 4) is 0 Å². The number of carbonyl (C=O) groups excluding carboxylic acids is 1. The number of benzene rings is 1. The second kappa shape index (κ2) is 10.1. The van der Waals surface area contributed by atoms with Gasteiger partial charge in [0.25, 0.3) is 11.5 Å². The van der Waals surface area contributed by atoms with Crippen LogP contribution in [0.5, 0.6) is 0 Å². The van der Waals surface area contributed by atoms with Crippen molar-refractivity contribution in [3.63, 3.8) is 0 Å². The Hall–Kier alpha value is -2.21. The molecule has 0 aliphatic carbocycles. The van der Waals surface area contributed by atoms with Crippen LogP contribution in [0.15, 0.2) is 29.1 Å². The Morgan fingerprint density at radius 3 is 2.46 bits per heavy atom. The molecule has 26 heavy (non-hydrogen) atoms. The molecule has 0 saturated carbocycles. The van der Waals surface area contributed by atoms with Gasteiger partial charge in [0.1, 0.15) is 0 Å². The van der Waals surface area contributed by atoms with E-state index in [1.165, 1.54) is 4.68 Å². The van der Waals surface area contributed by atoms with Gasteiger partial charge in [-0.3, -0.25) is 9.59 Å². The van der Waals surface area contributed by atoms with Crippen LogP contribution in [0.3, 0.4) is 0 Å². The summed E-state index contributed by atoms with van der Waals surface area (Å²) in [5.74, 6) is -0.224. The minimum atomic E-state index is -0.224. The highest BCUT2D eigenvalue weighted by atomic mass is 16.2. The van der Waals surface area contributed by atoms with Gasteiger partial charge in [0, 0.05) is 25.0 Å². The summed E-state index contributed by atoms with van der Waals surface area (Å²) in [6.07, 6.45) is 2.98. The van der Waals surface area contributed by atoms with E-state index in [0.29, 0.717) is 29.6 Å². The van der Waals surface area contributed by atoms with Crippen LogP contribution in [0.25, 0.3) is 10.8 Å². The maximum Gasteiger partial charge on any atom is 0.274 e. The quantitative estimate of drug-likeness (QED) is 0.663. The highest BCUT2D eigenvalue weighted by Gasteiger charge is 2.16. The molecule has 0 fully saturated rings. The van der Waals surface area contributed by atoms with E-state index in [1.807, 2.05) is 12.1 Å². The summed E-state index contributed by atoms with van der Waals surface area (Å²) in [6, 6.07) is 7.21. The molecule has 0 bridgehead atoms. The van der Waals surface area contributed by atoms with Gasteiger partial charge in [-0.25, -0.2) is 4.68 Å². The van der Waals surface area contributed by atoms with Crippen molar-refractivity contribution < 1.29 is 4.79 Å². The Labute approximate surface area is 155 Å². The lowest BCUT2D eigenvalue weighted by molar-refractivity contribution is 0.0943. The summed E-state index contributed by atoms with van der Waals surface area (Å²) in [6.45, 7) is 10.1. The minimum absolute atomic E-state index is 0.128. The molecule has 0 aliphatic heterocycles. The molecule has 1 heterocycles. The highest BCUT2D eigenvalue weighted by molar-refractivity contribution is 6.04. The van der Waals surface area contributed by atoms with Crippen molar-refractivity contribution >= 4 is 16.7 Å². The van der Waals surface area contributed by atoms with Crippen LogP contribution in [0.1, 0.15) is 50.5 Å². The number of aromatic nitrogens is 2. The van der Waals surface area contributed by atoms with Gasteiger partial charge in [-0.1, -0.05) is 51.8 Å². The molecule has 0 unspecified atom stereocenters. The van der Waals surface area contributed by atoms with E-state index in [-0.39, 0.29) is 11.5 Å². The van der Waals surface area contributed by atoms with Gasteiger partial charge in [-0.2, -0.15) is 5.10 Å². The van der Waals surface area contributed by atoms with E-state index >= 15 is 0 Å². The molecule has 1 amide bonds. The Bertz CT molecular complexity index is 781. The molecular weight excluding hydrogens is 328 g/mol. The topological polar surface area (TPSA) is 67.2 Å². The third-order valence-electron chi connectivity index (χ3n) is 4.66. The molecule has 1 aromatic carbocycles. The largest absolute Gasteiger partial charge is 0.349 e. The van der Waals surface area contributed by atoms with Gasteiger partial charge in [0.2, 0.25) is 0 Å². The average molecular weight is 358 g/mol. The van der Waals surface area contributed by atoms with E-state index < -0.39 is 0 Å². The third kappa shape index (κ3) is 4.91. The summed E-state index contributed by atoms with van der Waals surface area (Å²) >= 11 is 0. The zero-order chi connectivity index (χ0) is 18.9. The lowest BCUT2D eigenvalue weighted by Gasteiger charge is -2.18. The van der Waals surface area contributed by atoms with E-state index in [9.17, 15) is 9.59 Å². The molecule has 142 valence electrons. The van der Waals surface area contributed by atoms with Gasteiger partial charge in [-0.15, -0.1) is 0 Å². The SMILES string of the molecule is CCCCCn1nc(C(=O)NCCN(CC)CC)c2ccccc2c1=O. The number of hydrogen-bond acceptors (Lipinski definition) is 4. The van der Waals surface area contributed by atoms with Crippen molar-refractivity contribution in [3.05, 3.63) is 40.3 Å². The van der Waals surface area contributed by atoms with Crippen molar-refractivity contribution in [2.45, 2.75) is 46.6 Å². The number of aryl methyl sites for hydroxylation is 1. The monoisotopic (exact) mass is 358 g/mol. The average Bonchev–Trinajstić information content (AvgIpc) is 2.67. The van der Waals surface area contributed by atoms with Crippen LogP contribution in [0, 0.1) is 0 Å². The number of unbranched alkanes of at least 4 members (excludes halogenated alkanes) is 2. The number of carbonyl (C=O) groups is 1. The first-order valence-electron chi connectivity index (χ1n) is 9.62. The van der Waals surface area contributed by atoms with E-state index in [0.717, 1.165) is 38.9 Å². The first-order valence-corrected chi connectivity index (χ1v) is 9.62. The molecule has 1 aromatic heterocycles. The molecule has 0 saturated heterocycles. The second-order valence-electron chi connectivity index (χ2n) is 6.41. The van der Waals surface area contributed by atoms with Gasteiger partial charge >= 0.3 is 0 Å². The lowest BCUT2D eigenvalue weighted by atomic mass is 10.1. The molecule has 6 nitrogen and oxygen atoms in total. The third-order valence-corrected chi connectivity index (χ3v) is 4.66.